The SMILES string of the molecule is Cc1nc(CN2CCC(N3CCSCC3)CC2)[nH]c1C. The zero-order valence-electron chi connectivity index (χ0n) is 12.7. The molecule has 0 bridgehead atoms. The van der Waals surface area contributed by atoms with E-state index in [1.54, 1.807) is 0 Å². The molecular weight excluding hydrogens is 268 g/mol. The van der Waals surface area contributed by atoms with Gasteiger partial charge in [0.05, 0.1) is 12.2 Å². The fourth-order valence-electron chi connectivity index (χ4n) is 3.29. The Labute approximate surface area is 126 Å². The van der Waals surface area contributed by atoms with Crippen LogP contribution in [0.25, 0.3) is 0 Å². The van der Waals surface area contributed by atoms with Gasteiger partial charge in [-0.25, -0.2) is 4.98 Å². The Morgan fingerprint density at radius 1 is 1.15 bits per heavy atom. The van der Waals surface area contributed by atoms with Crippen molar-refractivity contribution in [1.29, 1.82) is 0 Å². The Kier molecular flexibility index (Phi) is 4.68. The van der Waals surface area contributed by atoms with E-state index in [-0.39, 0.29) is 0 Å². The number of imidazole rings is 1. The standard InChI is InChI=1S/C15H26N4S/c1-12-13(2)17-15(16-12)11-18-5-3-14(4-6-18)19-7-9-20-10-8-19/h14H,3-11H2,1-2H3,(H,16,17). The fraction of sp³-hybridized carbons (Fsp3) is 0.800. The molecule has 112 valence electrons. The molecule has 0 aromatic carbocycles. The second-order valence-corrected chi connectivity index (χ2v) is 7.27. The molecule has 0 amide bonds. The van der Waals surface area contributed by atoms with Gasteiger partial charge >= 0.3 is 0 Å². The molecule has 2 fully saturated rings. The van der Waals surface area contributed by atoms with Crippen LogP contribution in [0.15, 0.2) is 0 Å². The molecule has 0 unspecified atom stereocenters. The lowest BCUT2D eigenvalue weighted by Gasteiger charge is -2.39. The lowest BCUT2D eigenvalue weighted by Crippen LogP contribution is -2.47. The van der Waals surface area contributed by atoms with Gasteiger partial charge in [0.2, 0.25) is 0 Å². The number of nitrogens with zero attached hydrogens (tertiary/aromatic N) is 3. The Morgan fingerprint density at radius 3 is 2.45 bits per heavy atom. The van der Waals surface area contributed by atoms with Gasteiger partial charge in [0.15, 0.2) is 0 Å². The summed E-state index contributed by atoms with van der Waals surface area (Å²) in [6.45, 7) is 10.2. The van der Waals surface area contributed by atoms with Crippen LogP contribution in [0.3, 0.4) is 0 Å². The van der Waals surface area contributed by atoms with Gasteiger partial charge in [-0.05, 0) is 26.7 Å². The van der Waals surface area contributed by atoms with Crippen molar-refractivity contribution in [3.8, 4) is 0 Å². The van der Waals surface area contributed by atoms with Crippen molar-refractivity contribution in [3.63, 3.8) is 0 Å². The van der Waals surface area contributed by atoms with E-state index in [1.165, 1.54) is 56.2 Å². The van der Waals surface area contributed by atoms with Crippen LogP contribution in [-0.4, -0.2) is 63.5 Å². The highest BCUT2D eigenvalue weighted by Gasteiger charge is 2.25. The molecule has 2 aliphatic rings. The number of aryl methyl sites for hydroxylation is 2. The molecule has 0 saturated carbocycles. The summed E-state index contributed by atoms with van der Waals surface area (Å²) in [5.74, 6) is 3.78. The molecule has 1 aromatic heterocycles. The molecule has 3 heterocycles. The first-order chi connectivity index (χ1) is 9.72. The van der Waals surface area contributed by atoms with Crippen molar-refractivity contribution in [2.45, 2.75) is 39.3 Å². The highest BCUT2D eigenvalue weighted by atomic mass is 32.2. The van der Waals surface area contributed by atoms with Gasteiger partial charge < -0.3 is 4.98 Å². The molecule has 2 saturated heterocycles. The molecule has 5 heteroatoms. The van der Waals surface area contributed by atoms with Crippen molar-refractivity contribution in [1.82, 2.24) is 19.8 Å². The normalized spacial score (nSPS) is 23.3. The van der Waals surface area contributed by atoms with E-state index in [0.717, 1.165) is 24.1 Å². The number of hydrogen-bond acceptors (Lipinski definition) is 4. The van der Waals surface area contributed by atoms with E-state index in [4.69, 9.17) is 0 Å². The summed E-state index contributed by atoms with van der Waals surface area (Å²) < 4.78 is 0. The van der Waals surface area contributed by atoms with Gasteiger partial charge in [-0.15, -0.1) is 0 Å². The quantitative estimate of drug-likeness (QED) is 0.925. The van der Waals surface area contributed by atoms with Gasteiger partial charge in [0, 0.05) is 49.4 Å². The first-order valence-electron chi connectivity index (χ1n) is 7.78. The minimum absolute atomic E-state index is 0.826. The number of H-pyrrole nitrogens is 1. The predicted octanol–water partition coefficient (Wildman–Crippen LogP) is 2.04. The van der Waals surface area contributed by atoms with Crippen LogP contribution in [0, 0.1) is 13.8 Å². The van der Waals surface area contributed by atoms with Crippen molar-refractivity contribution in [3.05, 3.63) is 17.2 Å². The lowest BCUT2D eigenvalue weighted by molar-refractivity contribution is 0.111. The van der Waals surface area contributed by atoms with E-state index in [9.17, 15) is 0 Å². The van der Waals surface area contributed by atoms with Crippen LogP contribution in [0.5, 0.6) is 0 Å². The van der Waals surface area contributed by atoms with Crippen LogP contribution in [-0.2, 0) is 6.54 Å². The van der Waals surface area contributed by atoms with Crippen molar-refractivity contribution in [2.24, 2.45) is 0 Å². The number of rotatable bonds is 3. The number of thioether (sulfide) groups is 1. The molecular formula is C15H26N4S. The molecule has 0 aliphatic carbocycles. The number of likely N-dealkylation sites (tertiary alicyclic amines) is 1. The summed E-state index contributed by atoms with van der Waals surface area (Å²) in [4.78, 5) is 13.3. The average molecular weight is 294 g/mol. The van der Waals surface area contributed by atoms with Crippen LogP contribution in [0.1, 0.15) is 30.1 Å². The topological polar surface area (TPSA) is 35.2 Å². The van der Waals surface area contributed by atoms with Crippen LogP contribution in [0.2, 0.25) is 0 Å². The van der Waals surface area contributed by atoms with Gasteiger partial charge in [-0.2, -0.15) is 11.8 Å². The number of piperidine rings is 1. The van der Waals surface area contributed by atoms with Crippen LogP contribution < -0.4 is 0 Å². The highest BCUT2D eigenvalue weighted by molar-refractivity contribution is 7.99. The Hall–Kier alpha value is -0.520. The van der Waals surface area contributed by atoms with E-state index >= 15 is 0 Å². The van der Waals surface area contributed by atoms with Gasteiger partial charge in [0.1, 0.15) is 5.82 Å². The molecule has 4 nitrogen and oxygen atoms in total. The summed E-state index contributed by atoms with van der Waals surface area (Å²) in [5.41, 5.74) is 2.35. The summed E-state index contributed by atoms with van der Waals surface area (Å²) in [6, 6.07) is 0.826. The van der Waals surface area contributed by atoms with Crippen molar-refractivity contribution in [2.75, 3.05) is 37.7 Å². The van der Waals surface area contributed by atoms with E-state index in [0.29, 0.717) is 0 Å². The van der Waals surface area contributed by atoms with Crippen molar-refractivity contribution < 1.29 is 0 Å². The van der Waals surface area contributed by atoms with Crippen LogP contribution >= 0.6 is 11.8 Å². The smallest absolute Gasteiger partial charge is 0.120 e. The molecule has 0 spiro atoms. The molecule has 0 radical (unpaired) electrons. The monoisotopic (exact) mass is 294 g/mol. The molecule has 3 rings (SSSR count). The second-order valence-electron chi connectivity index (χ2n) is 6.05. The minimum atomic E-state index is 0.826. The fourth-order valence-corrected chi connectivity index (χ4v) is 4.22. The number of hydrogen-bond donors (Lipinski definition) is 1. The predicted molar refractivity (Wildman–Crippen MR) is 85.3 cm³/mol. The van der Waals surface area contributed by atoms with Gasteiger partial charge in [-0.1, -0.05) is 0 Å². The Bertz CT molecular complexity index is 412. The zero-order valence-corrected chi connectivity index (χ0v) is 13.5. The maximum Gasteiger partial charge on any atom is 0.120 e. The summed E-state index contributed by atoms with van der Waals surface area (Å²) >= 11 is 2.10. The summed E-state index contributed by atoms with van der Waals surface area (Å²) in [7, 11) is 0. The maximum atomic E-state index is 4.60. The molecule has 1 aromatic rings. The molecule has 1 N–H and O–H groups in total. The minimum Gasteiger partial charge on any atom is -0.345 e. The van der Waals surface area contributed by atoms with E-state index < -0.39 is 0 Å². The highest BCUT2D eigenvalue weighted by Crippen LogP contribution is 2.21. The lowest BCUT2D eigenvalue weighted by atomic mass is 10.0. The third-order valence-electron chi connectivity index (χ3n) is 4.67. The maximum absolute atomic E-state index is 4.60. The molecule has 20 heavy (non-hydrogen) atoms. The first-order valence-corrected chi connectivity index (χ1v) is 8.94. The summed E-state index contributed by atoms with van der Waals surface area (Å²) in [6.07, 6.45) is 2.65. The zero-order chi connectivity index (χ0) is 13.9. The summed E-state index contributed by atoms with van der Waals surface area (Å²) in [5, 5.41) is 0. The largest absolute Gasteiger partial charge is 0.345 e. The second kappa shape index (κ2) is 6.50. The van der Waals surface area contributed by atoms with Gasteiger partial charge in [-0.3, -0.25) is 9.80 Å². The van der Waals surface area contributed by atoms with Crippen LogP contribution in [0.4, 0.5) is 0 Å². The third kappa shape index (κ3) is 3.38. The van der Waals surface area contributed by atoms with Gasteiger partial charge in [0.25, 0.3) is 0 Å². The number of aromatic nitrogens is 2. The molecule has 2 aliphatic heterocycles. The van der Waals surface area contributed by atoms with Crippen molar-refractivity contribution >= 4 is 11.8 Å². The third-order valence-corrected chi connectivity index (χ3v) is 5.61. The Balaban J connectivity index is 1.48. The van der Waals surface area contributed by atoms with E-state index in [1.807, 2.05) is 0 Å². The Morgan fingerprint density at radius 2 is 1.85 bits per heavy atom. The molecule has 0 atom stereocenters. The number of nitrogens with one attached hydrogen (secondary N) is 1. The first kappa shape index (κ1) is 14.4. The average Bonchev–Trinajstić information content (AvgIpc) is 2.79. The van der Waals surface area contributed by atoms with E-state index in [2.05, 4.69) is 45.4 Å². The number of aromatic amines is 1.